The van der Waals surface area contributed by atoms with Crippen LogP contribution in [0.3, 0.4) is 0 Å². The van der Waals surface area contributed by atoms with Crippen LogP contribution in [0.1, 0.15) is 17.3 Å². The van der Waals surface area contributed by atoms with Gasteiger partial charge in [-0.05, 0) is 37.3 Å². The van der Waals surface area contributed by atoms with E-state index in [0.717, 1.165) is 6.07 Å². The first kappa shape index (κ1) is 19.2. The van der Waals surface area contributed by atoms with Crippen LogP contribution in [0.5, 0.6) is 0 Å². The monoisotopic (exact) mass is 407 g/mol. The first-order valence-electron chi connectivity index (χ1n) is 7.92. The summed E-state index contributed by atoms with van der Waals surface area (Å²) in [5.41, 5.74) is 7.17. The maximum atomic E-state index is 13.5. The molecule has 1 aromatic heterocycles. The normalized spacial score (nSPS) is 16.6. The Morgan fingerprint density at radius 1 is 1.26 bits per heavy atom. The molecule has 1 aliphatic heterocycles. The summed E-state index contributed by atoms with van der Waals surface area (Å²) in [4.78, 5) is 18.4. The molecule has 0 spiro atoms. The van der Waals surface area contributed by atoms with E-state index in [1.54, 1.807) is 37.4 Å². The second-order valence-corrected chi connectivity index (χ2v) is 6.58. The third-order valence-corrected chi connectivity index (χ3v) is 5.07. The van der Waals surface area contributed by atoms with Crippen molar-refractivity contribution in [1.82, 2.24) is 9.88 Å². The van der Waals surface area contributed by atoms with Gasteiger partial charge in [-0.3, -0.25) is 9.80 Å². The van der Waals surface area contributed by atoms with E-state index in [2.05, 4.69) is 4.98 Å². The number of anilines is 1. The number of nitrogens with zero attached hydrogens (tertiary/aromatic N) is 3. The second-order valence-electron chi connectivity index (χ2n) is 5.83. The fraction of sp³-hybridized carbons (Fsp3) is 0.111. The van der Waals surface area contributed by atoms with Gasteiger partial charge < -0.3 is 10.6 Å². The van der Waals surface area contributed by atoms with Crippen molar-refractivity contribution in [2.24, 2.45) is 11.6 Å². The minimum Gasteiger partial charge on any atom is -0.399 e. The van der Waals surface area contributed by atoms with E-state index in [9.17, 15) is 9.18 Å². The molecule has 2 heterocycles. The molecule has 27 heavy (non-hydrogen) atoms. The predicted octanol–water partition coefficient (Wildman–Crippen LogP) is 3.44. The van der Waals surface area contributed by atoms with Gasteiger partial charge in [0.05, 0.1) is 33.0 Å². The molecule has 0 radical (unpaired) electrons. The number of benzene rings is 1. The lowest BCUT2D eigenvalue weighted by atomic mass is 10.1. The highest BCUT2D eigenvalue weighted by atomic mass is 35.5. The molecule has 1 unspecified atom stereocenters. The molecule has 9 heteroatoms. The van der Waals surface area contributed by atoms with Crippen LogP contribution in [0.2, 0.25) is 10.0 Å². The Labute approximate surface area is 165 Å². The lowest BCUT2D eigenvalue weighted by molar-refractivity contribution is 0.0791. The maximum absolute atomic E-state index is 13.5. The van der Waals surface area contributed by atoms with E-state index in [1.165, 1.54) is 22.2 Å². The highest BCUT2D eigenvalue weighted by Gasteiger charge is 2.29. The van der Waals surface area contributed by atoms with Gasteiger partial charge in [-0.15, -0.1) is 0 Å². The number of hydrogen-bond donors (Lipinski definition) is 2. The molecule has 0 bridgehead atoms. The Morgan fingerprint density at radius 3 is 2.67 bits per heavy atom. The van der Waals surface area contributed by atoms with E-state index in [-0.39, 0.29) is 15.6 Å². The summed E-state index contributed by atoms with van der Waals surface area (Å²) in [6.45, 7) is 1.74. The van der Waals surface area contributed by atoms with Gasteiger partial charge in [-0.25, -0.2) is 15.2 Å². The van der Waals surface area contributed by atoms with Crippen LogP contribution in [0.15, 0.2) is 60.2 Å². The molecular formula is C18H16Cl2FN5O. The lowest BCUT2D eigenvalue weighted by Gasteiger charge is -2.33. The second kappa shape index (κ2) is 7.56. The van der Waals surface area contributed by atoms with Crippen molar-refractivity contribution in [3.05, 3.63) is 81.6 Å². The molecule has 3 rings (SSSR count). The highest BCUT2D eigenvalue weighted by Crippen LogP contribution is 2.31. The van der Waals surface area contributed by atoms with Gasteiger partial charge in [-0.1, -0.05) is 29.3 Å². The number of hydrogen-bond acceptors (Lipinski definition) is 5. The summed E-state index contributed by atoms with van der Waals surface area (Å²) in [5.74, 6) is 5.45. The molecular weight excluding hydrogens is 392 g/mol. The maximum Gasteiger partial charge on any atom is 0.259 e. The Balaban J connectivity index is 1.90. The van der Waals surface area contributed by atoms with E-state index in [1.807, 2.05) is 0 Å². The van der Waals surface area contributed by atoms with Gasteiger partial charge in [0.15, 0.2) is 0 Å². The number of allylic oxidation sites excluding steroid dienone is 1. The minimum absolute atomic E-state index is 0.0742. The van der Waals surface area contributed by atoms with Crippen LogP contribution >= 0.6 is 23.2 Å². The number of carbonyl (C=O) groups excluding carboxylic acids is 1. The van der Waals surface area contributed by atoms with Crippen LogP contribution in [0.4, 0.5) is 10.2 Å². The molecule has 1 aromatic carbocycles. The van der Waals surface area contributed by atoms with Crippen LogP contribution in [0.25, 0.3) is 0 Å². The highest BCUT2D eigenvalue weighted by molar-refractivity contribution is 6.44. The van der Waals surface area contributed by atoms with E-state index in [0.29, 0.717) is 17.2 Å². The zero-order valence-corrected chi connectivity index (χ0v) is 15.7. The Morgan fingerprint density at radius 2 is 2.00 bits per heavy atom. The molecule has 6 nitrogen and oxygen atoms in total. The van der Waals surface area contributed by atoms with Crippen molar-refractivity contribution >= 4 is 34.9 Å². The predicted molar refractivity (Wildman–Crippen MR) is 103 cm³/mol. The quantitative estimate of drug-likeness (QED) is 0.462. The molecule has 0 fully saturated rings. The zero-order valence-electron chi connectivity index (χ0n) is 14.2. The number of aromatic nitrogens is 1. The summed E-state index contributed by atoms with van der Waals surface area (Å²) in [6, 6.07) is 7.15. The van der Waals surface area contributed by atoms with Gasteiger partial charge in [0.1, 0.15) is 11.6 Å². The van der Waals surface area contributed by atoms with Crippen molar-refractivity contribution in [3.8, 4) is 0 Å². The van der Waals surface area contributed by atoms with Crippen LogP contribution < -0.4 is 16.6 Å². The Bertz CT molecular complexity index is 948. The molecule has 2 aromatic rings. The molecule has 140 valence electrons. The van der Waals surface area contributed by atoms with Crippen molar-refractivity contribution in [3.63, 3.8) is 0 Å². The molecule has 0 saturated carbocycles. The number of pyridine rings is 1. The molecule has 1 aliphatic rings. The molecule has 4 N–H and O–H groups in total. The van der Waals surface area contributed by atoms with Crippen molar-refractivity contribution in [1.29, 1.82) is 0 Å². The number of halogens is 3. The summed E-state index contributed by atoms with van der Waals surface area (Å²) >= 11 is 11.8. The minimum atomic E-state index is -0.698. The third-order valence-electron chi connectivity index (χ3n) is 4.21. The smallest absolute Gasteiger partial charge is 0.259 e. The van der Waals surface area contributed by atoms with E-state index in [4.69, 9.17) is 34.8 Å². The average molecular weight is 408 g/mol. The number of carbonyl (C=O) groups is 1. The first-order valence-corrected chi connectivity index (χ1v) is 8.68. The standard InChI is InChI=1S/C18H16Cl2FN5O/c1-10-17(22)13(26(23)14-4-2-3-8-24-14)7-9-25(10)18(27)11-5-6-12(21)16(20)15(11)19/h2-10H,22-23H2,1H3. The fourth-order valence-electron chi connectivity index (χ4n) is 2.65. The Hall–Kier alpha value is -2.61. The molecule has 1 amide bonds. The first-order chi connectivity index (χ1) is 12.8. The van der Waals surface area contributed by atoms with Gasteiger partial charge in [0.2, 0.25) is 0 Å². The zero-order chi connectivity index (χ0) is 19.7. The lowest BCUT2D eigenvalue weighted by Crippen LogP contribution is -2.44. The largest absolute Gasteiger partial charge is 0.399 e. The number of hydrazine groups is 1. The average Bonchev–Trinajstić information content (AvgIpc) is 2.68. The molecule has 0 saturated heterocycles. The van der Waals surface area contributed by atoms with E-state index >= 15 is 0 Å². The van der Waals surface area contributed by atoms with Gasteiger partial charge in [-0.2, -0.15) is 0 Å². The summed E-state index contributed by atoms with van der Waals surface area (Å²) in [7, 11) is 0. The van der Waals surface area contributed by atoms with Crippen LogP contribution in [-0.4, -0.2) is 21.8 Å². The van der Waals surface area contributed by atoms with Crippen molar-refractivity contribution in [2.45, 2.75) is 13.0 Å². The Kier molecular flexibility index (Phi) is 5.36. The molecule has 1 atom stereocenters. The van der Waals surface area contributed by atoms with Crippen molar-refractivity contribution < 1.29 is 9.18 Å². The molecule has 0 aliphatic carbocycles. The fourth-order valence-corrected chi connectivity index (χ4v) is 3.05. The summed E-state index contributed by atoms with van der Waals surface area (Å²) < 4.78 is 13.5. The van der Waals surface area contributed by atoms with Crippen LogP contribution in [0, 0.1) is 5.82 Å². The topological polar surface area (TPSA) is 88.5 Å². The van der Waals surface area contributed by atoms with Crippen molar-refractivity contribution in [2.75, 3.05) is 5.01 Å². The van der Waals surface area contributed by atoms with Gasteiger partial charge >= 0.3 is 0 Å². The summed E-state index contributed by atoms with van der Waals surface area (Å²) in [6.07, 6.45) is 4.74. The summed E-state index contributed by atoms with van der Waals surface area (Å²) in [5, 5.41) is 0.888. The van der Waals surface area contributed by atoms with Gasteiger partial charge in [0, 0.05) is 12.4 Å². The van der Waals surface area contributed by atoms with Gasteiger partial charge in [0.25, 0.3) is 5.91 Å². The number of nitrogens with two attached hydrogens (primary N) is 2. The third kappa shape index (κ3) is 3.49. The number of rotatable bonds is 3. The number of amides is 1. The van der Waals surface area contributed by atoms with Crippen LogP contribution in [-0.2, 0) is 0 Å². The van der Waals surface area contributed by atoms with E-state index < -0.39 is 17.8 Å². The SMILES string of the molecule is CC1C(N)=C(N(N)c2ccccn2)C=CN1C(=O)c1ccc(F)c(Cl)c1Cl.